The highest BCUT2D eigenvalue weighted by atomic mass is 16.6. The second-order valence-corrected chi connectivity index (χ2v) is 3.45. The van der Waals surface area contributed by atoms with Gasteiger partial charge in [-0.3, -0.25) is 9.59 Å². The monoisotopic (exact) mass is 247 g/mol. The first kappa shape index (κ1) is 13.7. The molecular formula is C13H13NO4. The van der Waals surface area contributed by atoms with Crippen LogP contribution in [0.25, 0.3) is 0 Å². The van der Waals surface area contributed by atoms with E-state index in [2.05, 4.69) is 4.74 Å². The van der Waals surface area contributed by atoms with Crippen LogP contribution >= 0.6 is 0 Å². The van der Waals surface area contributed by atoms with E-state index in [1.54, 1.807) is 31.2 Å². The molecule has 18 heavy (non-hydrogen) atoms. The van der Waals surface area contributed by atoms with Crippen molar-refractivity contribution >= 4 is 11.9 Å². The molecule has 0 fully saturated rings. The van der Waals surface area contributed by atoms with Crippen molar-refractivity contribution in [2.45, 2.75) is 20.0 Å². The largest absolute Gasteiger partial charge is 0.466 e. The Morgan fingerprint density at radius 1 is 1.17 bits per heavy atom. The van der Waals surface area contributed by atoms with Gasteiger partial charge in [0.2, 0.25) is 0 Å². The van der Waals surface area contributed by atoms with Crippen molar-refractivity contribution < 1.29 is 19.1 Å². The van der Waals surface area contributed by atoms with Crippen LogP contribution in [-0.2, 0) is 25.7 Å². The van der Waals surface area contributed by atoms with Crippen molar-refractivity contribution in [3.05, 3.63) is 35.4 Å². The van der Waals surface area contributed by atoms with E-state index in [4.69, 9.17) is 10.00 Å². The number of hydrogen-bond acceptors (Lipinski definition) is 5. The summed E-state index contributed by atoms with van der Waals surface area (Å²) in [5, 5.41) is 8.61. The van der Waals surface area contributed by atoms with Gasteiger partial charge in [0, 0.05) is 0 Å². The van der Waals surface area contributed by atoms with Gasteiger partial charge in [-0.15, -0.1) is 0 Å². The van der Waals surface area contributed by atoms with E-state index in [9.17, 15) is 9.59 Å². The van der Waals surface area contributed by atoms with Crippen molar-refractivity contribution in [3.63, 3.8) is 0 Å². The van der Waals surface area contributed by atoms with Crippen molar-refractivity contribution in [1.29, 1.82) is 5.26 Å². The van der Waals surface area contributed by atoms with Crippen molar-refractivity contribution in [1.82, 2.24) is 0 Å². The zero-order valence-electron chi connectivity index (χ0n) is 10.0. The molecule has 0 amide bonds. The molecule has 0 N–H and O–H groups in total. The van der Waals surface area contributed by atoms with Gasteiger partial charge in [-0.2, -0.15) is 5.26 Å². The van der Waals surface area contributed by atoms with Crippen LogP contribution in [0.3, 0.4) is 0 Å². The van der Waals surface area contributed by atoms with Crippen LogP contribution < -0.4 is 0 Å². The lowest BCUT2D eigenvalue weighted by atomic mass is 10.2. The zero-order chi connectivity index (χ0) is 13.4. The summed E-state index contributed by atoms with van der Waals surface area (Å²) in [6.45, 7) is 1.98. The Balaban J connectivity index is 2.38. The van der Waals surface area contributed by atoms with E-state index in [1.165, 1.54) is 0 Å². The molecule has 0 radical (unpaired) electrons. The van der Waals surface area contributed by atoms with Gasteiger partial charge in [0.25, 0.3) is 0 Å². The van der Waals surface area contributed by atoms with Gasteiger partial charge in [0.1, 0.15) is 13.0 Å². The van der Waals surface area contributed by atoms with E-state index in [0.29, 0.717) is 5.56 Å². The molecule has 5 heteroatoms. The molecule has 1 aromatic carbocycles. The second kappa shape index (κ2) is 7.07. The highest BCUT2D eigenvalue weighted by Crippen LogP contribution is 2.05. The number of benzene rings is 1. The number of hydrogen-bond donors (Lipinski definition) is 0. The number of nitrogens with zero attached hydrogens (tertiary/aromatic N) is 1. The molecule has 0 spiro atoms. The molecule has 5 nitrogen and oxygen atoms in total. The lowest BCUT2D eigenvalue weighted by Gasteiger charge is -2.04. The van der Waals surface area contributed by atoms with Gasteiger partial charge in [-0.05, 0) is 24.6 Å². The lowest BCUT2D eigenvalue weighted by Crippen LogP contribution is -2.13. The first-order chi connectivity index (χ1) is 8.65. The lowest BCUT2D eigenvalue weighted by molar-refractivity contribution is -0.155. The molecule has 1 aromatic rings. The quantitative estimate of drug-likeness (QED) is 0.583. The van der Waals surface area contributed by atoms with Gasteiger partial charge < -0.3 is 9.47 Å². The minimum Gasteiger partial charge on any atom is -0.466 e. The zero-order valence-corrected chi connectivity index (χ0v) is 10.0. The summed E-state index contributed by atoms with van der Waals surface area (Å²) < 4.78 is 9.51. The van der Waals surface area contributed by atoms with E-state index in [1.807, 2.05) is 6.07 Å². The van der Waals surface area contributed by atoms with E-state index in [0.717, 1.165) is 5.56 Å². The number of carbonyl (C=O) groups is 2. The Bertz CT molecular complexity index is 459. The molecule has 0 aliphatic rings. The summed E-state index contributed by atoms with van der Waals surface area (Å²) in [6, 6.07) is 8.64. The van der Waals surface area contributed by atoms with Crippen molar-refractivity contribution in [2.24, 2.45) is 0 Å². The van der Waals surface area contributed by atoms with Crippen LogP contribution in [0.2, 0.25) is 0 Å². The summed E-state index contributed by atoms with van der Waals surface area (Å²) in [4.78, 5) is 22.2. The number of carbonyl (C=O) groups excluding carboxylic acids is 2. The SMILES string of the molecule is CCOC(=O)CC(=O)OCc1ccc(C#N)cc1. The summed E-state index contributed by atoms with van der Waals surface area (Å²) in [7, 11) is 0. The molecule has 0 aromatic heterocycles. The topological polar surface area (TPSA) is 76.4 Å². The predicted molar refractivity (Wildman–Crippen MR) is 62.2 cm³/mol. The Morgan fingerprint density at radius 3 is 2.33 bits per heavy atom. The van der Waals surface area contributed by atoms with Crippen LogP contribution in [0, 0.1) is 11.3 Å². The van der Waals surface area contributed by atoms with Gasteiger partial charge >= 0.3 is 11.9 Å². The highest BCUT2D eigenvalue weighted by molar-refractivity contribution is 5.91. The molecular weight excluding hydrogens is 234 g/mol. The Labute approximate surface area is 105 Å². The molecule has 94 valence electrons. The van der Waals surface area contributed by atoms with Gasteiger partial charge in [-0.25, -0.2) is 0 Å². The normalized spacial score (nSPS) is 9.33. The predicted octanol–water partition coefficient (Wildman–Crippen LogP) is 1.55. The molecule has 0 saturated carbocycles. The smallest absolute Gasteiger partial charge is 0.317 e. The Kier molecular flexibility index (Phi) is 5.39. The molecule has 0 saturated heterocycles. The fraction of sp³-hybridized carbons (Fsp3) is 0.308. The van der Waals surface area contributed by atoms with Gasteiger partial charge in [-0.1, -0.05) is 12.1 Å². The van der Waals surface area contributed by atoms with Gasteiger partial charge in [0.15, 0.2) is 0 Å². The third-order valence-electron chi connectivity index (χ3n) is 2.08. The third kappa shape index (κ3) is 4.66. The number of ether oxygens (including phenoxy) is 2. The maximum absolute atomic E-state index is 11.2. The summed E-state index contributed by atoms with van der Waals surface area (Å²) in [6.07, 6.45) is -0.385. The Morgan fingerprint density at radius 2 is 1.78 bits per heavy atom. The van der Waals surface area contributed by atoms with Crippen LogP contribution in [0.4, 0.5) is 0 Å². The third-order valence-corrected chi connectivity index (χ3v) is 2.08. The minimum absolute atomic E-state index is 0.0734. The molecule has 0 heterocycles. The fourth-order valence-electron chi connectivity index (χ4n) is 1.22. The molecule has 0 atom stereocenters. The first-order valence-corrected chi connectivity index (χ1v) is 5.46. The van der Waals surface area contributed by atoms with Crippen LogP contribution in [0.1, 0.15) is 24.5 Å². The van der Waals surface area contributed by atoms with Crippen LogP contribution in [-0.4, -0.2) is 18.5 Å². The number of nitriles is 1. The number of esters is 2. The average Bonchev–Trinajstić information content (AvgIpc) is 2.37. The van der Waals surface area contributed by atoms with Crippen LogP contribution in [0.15, 0.2) is 24.3 Å². The standard InChI is InChI=1S/C13H13NO4/c1-2-17-12(15)7-13(16)18-9-11-5-3-10(8-14)4-6-11/h3-6H,2,7,9H2,1H3. The van der Waals surface area contributed by atoms with Crippen LogP contribution in [0.5, 0.6) is 0 Å². The fourth-order valence-corrected chi connectivity index (χ4v) is 1.22. The van der Waals surface area contributed by atoms with Crippen molar-refractivity contribution in [3.8, 4) is 6.07 Å². The summed E-state index contributed by atoms with van der Waals surface area (Å²) >= 11 is 0. The Hall–Kier alpha value is -2.35. The second-order valence-electron chi connectivity index (χ2n) is 3.45. The maximum Gasteiger partial charge on any atom is 0.317 e. The average molecular weight is 247 g/mol. The number of rotatable bonds is 5. The maximum atomic E-state index is 11.2. The van der Waals surface area contributed by atoms with E-state index >= 15 is 0 Å². The molecule has 0 bridgehead atoms. The van der Waals surface area contributed by atoms with Gasteiger partial charge in [0.05, 0.1) is 18.2 Å². The van der Waals surface area contributed by atoms with E-state index in [-0.39, 0.29) is 19.6 Å². The molecule has 1 rings (SSSR count). The molecule has 0 aliphatic heterocycles. The van der Waals surface area contributed by atoms with Crippen molar-refractivity contribution in [2.75, 3.05) is 6.61 Å². The summed E-state index contributed by atoms with van der Waals surface area (Å²) in [5.74, 6) is -1.22. The van der Waals surface area contributed by atoms with E-state index < -0.39 is 11.9 Å². The molecule has 0 aliphatic carbocycles. The first-order valence-electron chi connectivity index (χ1n) is 5.46. The minimum atomic E-state index is -0.627. The highest BCUT2D eigenvalue weighted by Gasteiger charge is 2.11. The summed E-state index contributed by atoms with van der Waals surface area (Å²) in [5.41, 5.74) is 1.29. The molecule has 0 unspecified atom stereocenters.